The fourth-order valence-electron chi connectivity index (χ4n) is 2.25. The first-order valence-corrected chi connectivity index (χ1v) is 7.12. The van der Waals surface area contributed by atoms with E-state index in [1.54, 1.807) is 18.4 Å². The van der Waals surface area contributed by atoms with Crippen LogP contribution < -0.4 is 15.4 Å². The molecule has 0 amide bonds. The molecule has 0 radical (unpaired) electrons. The summed E-state index contributed by atoms with van der Waals surface area (Å²) in [5.74, 6) is 0.776. The van der Waals surface area contributed by atoms with Crippen molar-refractivity contribution in [2.75, 3.05) is 30.8 Å². The highest BCUT2D eigenvalue weighted by molar-refractivity contribution is 7.18. The van der Waals surface area contributed by atoms with Crippen molar-refractivity contribution in [3.8, 4) is 16.3 Å². The summed E-state index contributed by atoms with van der Waals surface area (Å²) < 4.78 is 5.36. The van der Waals surface area contributed by atoms with Crippen LogP contribution in [-0.4, -0.2) is 30.4 Å². The van der Waals surface area contributed by atoms with Gasteiger partial charge >= 0.3 is 0 Å². The second kappa shape index (κ2) is 5.05. The highest BCUT2D eigenvalue weighted by Crippen LogP contribution is 2.36. The van der Waals surface area contributed by atoms with Crippen LogP contribution in [0.4, 0.5) is 10.8 Å². The van der Waals surface area contributed by atoms with E-state index in [1.807, 2.05) is 18.2 Å². The molecule has 19 heavy (non-hydrogen) atoms. The smallest absolute Gasteiger partial charge is 0.208 e. The molecule has 0 saturated carbocycles. The van der Waals surface area contributed by atoms with Crippen LogP contribution in [-0.2, 0) is 0 Å². The van der Waals surface area contributed by atoms with Gasteiger partial charge in [0.25, 0.3) is 0 Å². The standard InChI is InChI=1S/C13H16N4OS/c1-18-11-5-4-9(14)8-10(11)12-15-16-13(19-12)17-6-2-3-7-17/h4-5,8H,2-3,6-7,14H2,1H3. The summed E-state index contributed by atoms with van der Waals surface area (Å²) in [5, 5.41) is 10.4. The monoisotopic (exact) mass is 276 g/mol. The molecule has 1 aliphatic heterocycles. The van der Waals surface area contributed by atoms with E-state index in [2.05, 4.69) is 15.1 Å². The van der Waals surface area contributed by atoms with Gasteiger partial charge in [-0.15, -0.1) is 10.2 Å². The van der Waals surface area contributed by atoms with Crippen LogP contribution in [0.2, 0.25) is 0 Å². The number of nitrogens with zero attached hydrogens (tertiary/aromatic N) is 3. The third-order valence-corrected chi connectivity index (χ3v) is 4.26. The predicted octanol–water partition coefficient (Wildman–Crippen LogP) is 2.40. The molecule has 3 rings (SSSR count). The molecule has 5 nitrogen and oxygen atoms in total. The lowest BCUT2D eigenvalue weighted by Crippen LogP contribution is -2.17. The molecular weight excluding hydrogens is 260 g/mol. The Hall–Kier alpha value is -1.82. The van der Waals surface area contributed by atoms with Crippen molar-refractivity contribution in [2.45, 2.75) is 12.8 Å². The molecular formula is C13H16N4OS. The Kier molecular flexibility index (Phi) is 3.25. The van der Waals surface area contributed by atoms with Crippen molar-refractivity contribution in [2.24, 2.45) is 0 Å². The molecule has 0 bridgehead atoms. The molecule has 0 unspecified atom stereocenters. The number of methoxy groups -OCH3 is 1. The van der Waals surface area contributed by atoms with Gasteiger partial charge in [-0.25, -0.2) is 0 Å². The van der Waals surface area contributed by atoms with E-state index in [9.17, 15) is 0 Å². The molecule has 6 heteroatoms. The minimum Gasteiger partial charge on any atom is -0.496 e. The predicted molar refractivity (Wildman–Crippen MR) is 77.8 cm³/mol. The van der Waals surface area contributed by atoms with E-state index in [0.717, 1.165) is 34.5 Å². The number of benzene rings is 1. The third-order valence-electron chi connectivity index (χ3n) is 3.24. The van der Waals surface area contributed by atoms with Gasteiger partial charge in [0.15, 0.2) is 5.01 Å². The summed E-state index contributed by atoms with van der Waals surface area (Å²) in [7, 11) is 1.65. The average molecular weight is 276 g/mol. The maximum atomic E-state index is 5.84. The molecule has 2 aromatic rings. The summed E-state index contributed by atoms with van der Waals surface area (Å²) in [6.45, 7) is 2.14. The number of hydrogen-bond acceptors (Lipinski definition) is 6. The van der Waals surface area contributed by atoms with Crippen molar-refractivity contribution >= 4 is 22.2 Å². The normalized spacial score (nSPS) is 14.9. The van der Waals surface area contributed by atoms with Gasteiger partial charge in [-0.1, -0.05) is 11.3 Å². The first-order chi connectivity index (χ1) is 9.28. The number of nitrogens with two attached hydrogens (primary N) is 1. The van der Waals surface area contributed by atoms with Crippen LogP contribution in [0.1, 0.15) is 12.8 Å². The molecule has 0 aliphatic carbocycles. The number of rotatable bonds is 3. The second-order valence-electron chi connectivity index (χ2n) is 4.54. The Balaban J connectivity index is 1.95. The quantitative estimate of drug-likeness (QED) is 0.872. The molecule has 1 aromatic carbocycles. The van der Waals surface area contributed by atoms with Gasteiger partial charge in [-0.3, -0.25) is 0 Å². The maximum Gasteiger partial charge on any atom is 0.208 e. The van der Waals surface area contributed by atoms with Gasteiger partial charge in [0.2, 0.25) is 5.13 Å². The molecule has 0 spiro atoms. The van der Waals surface area contributed by atoms with E-state index in [1.165, 1.54) is 12.8 Å². The van der Waals surface area contributed by atoms with Crippen LogP contribution in [0.5, 0.6) is 5.75 Å². The maximum absolute atomic E-state index is 5.84. The zero-order valence-electron chi connectivity index (χ0n) is 10.8. The Morgan fingerprint density at radius 3 is 2.79 bits per heavy atom. The van der Waals surface area contributed by atoms with Crippen molar-refractivity contribution in [1.29, 1.82) is 0 Å². The lowest BCUT2D eigenvalue weighted by atomic mass is 10.2. The minimum absolute atomic E-state index is 0.703. The van der Waals surface area contributed by atoms with Gasteiger partial charge in [-0.05, 0) is 31.0 Å². The van der Waals surface area contributed by atoms with Crippen LogP contribution in [0, 0.1) is 0 Å². The summed E-state index contributed by atoms with van der Waals surface area (Å²) in [4.78, 5) is 2.28. The zero-order chi connectivity index (χ0) is 13.2. The van der Waals surface area contributed by atoms with E-state index in [0.29, 0.717) is 5.69 Å². The number of nitrogen functional groups attached to an aromatic ring is 1. The van der Waals surface area contributed by atoms with Crippen LogP contribution in [0.3, 0.4) is 0 Å². The van der Waals surface area contributed by atoms with Gasteiger partial charge in [0.05, 0.1) is 12.7 Å². The lowest BCUT2D eigenvalue weighted by Gasteiger charge is -2.11. The van der Waals surface area contributed by atoms with E-state index >= 15 is 0 Å². The third kappa shape index (κ3) is 2.35. The Labute approximate surface area is 116 Å². The largest absolute Gasteiger partial charge is 0.496 e. The number of aromatic nitrogens is 2. The molecule has 100 valence electrons. The number of ether oxygens (including phenoxy) is 1. The van der Waals surface area contributed by atoms with Gasteiger partial charge in [0, 0.05) is 18.8 Å². The lowest BCUT2D eigenvalue weighted by molar-refractivity contribution is 0.416. The van der Waals surface area contributed by atoms with Crippen LogP contribution in [0.15, 0.2) is 18.2 Å². The Morgan fingerprint density at radius 1 is 1.26 bits per heavy atom. The summed E-state index contributed by atoms with van der Waals surface area (Å²) in [5.41, 5.74) is 7.45. The molecule has 0 atom stereocenters. The molecule has 1 fully saturated rings. The fourth-order valence-corrected chi connectivity index (χ4v) is 3.17. The van der Waals surface area contributed by atoms with Crippen LogP contribution in [0.25, 0.3) is 10.6 Å². The molecule has 1 aromatic heterocycles. The Bertz CT molecular complexity index is 578. The van der Waals surface area contributed by atoms with Crippen molar-refractivity contribution in [1.82, 2.24) is 10.2 Å². The van der Waals surface area contributed by atoms with E-state index in [4.69, 9.17) is 10.5 Å². The second-order valence-corrected chi connectivity index (χ2v) is 5.50. The van der Waals surface area contributed by atoms with Gasteiger partial charge in [0.1, 0.15) is 5.75 Å². The molecule has 1 aliphatic rings. The van der Waals surface area contributed by atoms with E-state index in [-0.39, 0.29) is 0 Å². The van der Waals surface area contributed by atoms with Crippen molar-refractivity contribution in [3.05, 3.63) is 18.2 Å². The van der Waals surface area contributed by atoms with Crippen molar-refractivity contribution in [3.63, 3.8) is 0 Å². The first kappa shape index (κ1) is 12.2. The fraction of sp³-hybridized carbons (Fsp3) is 0.385. The first-order valence-electron chi connectivity index (χ1n) is 6.30. The number of anilines is 2. The molecule has 2 N–H and O–H groups in total. The zero-order valence-corrected chi connectivity index (χ0v) is 11.6. The van der Waals surface area contributed by atoms with Gasteiger partial charge in [-0.2, -0.15) is 0 Å². The topological polar surface area (TPSA) is 64.3 Å². The van der Waals surface area contributed by atoms with Crippen molar-refractivity contribution < 1.29 is 4.74 Å². The highest BCUT2D eigenvalue weighted by atomic mass is 32.1. The Morgan fingerprint density at radius 2 is 2.05 bits per heavy atom. The number of hydrogen-bond donors (Lipinski definition) is 1. The highest BCUT2D eigenvalue weighted by Gasteiger charge is 2.18. The summed E-state index contributed by atoms with van der Waals surface area (Å²) in [6, 6.07) is 5.57. The van der Waals surface area contributed by atoms with E-state index < -0.39 is 0 Å². The van der Waals surface area contributed by atoms with Crippen LogP contribution >= 0.6 is 11.3 Å². The molecule has 2 heterocycles. The van der Waals surface area contributed by atoms with Gasteiger partial charge < -0.3 is 15.4 Å². The SMILES string of the molecule is COc1ccc(N)cc1-c1nnc(N2CCCC2)s1. The average Bonchev–Trinajstić information content (AvgIpc) is 3.09. The summed E-state index contributed by atoms with van der Waals surface area (Å²) in [6.07, 6.45) is 2.47. The molecule has 1 saturated heterocycles. The minimum atomic E-state index is 0.703. The summed E-state index contributed by atoms with van der Waals surface area (Å²) >= 11 is 1.59.